The van der Waals surface area contributed by atoms with Gasteiger partial charge in [-0.05, 0) is 61.7 Å². The molecule has 0 atom stereocenters. The van der Waals surface area contributed by atoms with Gasteiger partial charge in [0.15, 0.2) is 0 Å². The Balaban J connectivity index is 1.66. The van der Waals surface area contributed by atoms with E-state index in [9.17, 15) is 8.78 Å². The maximum Gasteiger partial charge on any atom is 0.147 e. The number of rotatable bonds is 7. The molecule has 1 heterocycles. The lowest BCUT2D eigenvalue weighted by atomic mass is 9.93. The first-order valence-electron chi connectivity index (χ1n) is 10.1. The molecule has 0 aliphatic carbocycles. The molecule has 158 valence electrons. The number of hydrogen-bond donors (Lipinski definition) is 1. The van der Waals surface area contributed by atoms with E-state index in [0.29, 0.717) is 22.6 Å². The van der Waals surface area contributed by atoms with Crippen LogP contribution in [0, 0.1) is 24.5 Å². The molecular weight excluding hydrogens is 382 g/mol. The van der Waals surface area contributed by atoms with Crippen LogP contribution < -0.4 is 10.2 Å². The van der Waals surface area contributed by atoms with Crippen molar-refractivity contribution in [2.45, 2.75) is 19.8 Å². The number of allylic oxidation sites excluding steroid dienone is 2. The van der Waals surface area contributed by atoms with Crippen molar-refractivity contribution >= 4 is 17.5 Å². The molecule has 2 aromatic rings. The number of hydrogen-bond acceptors (Lipinski definition) is 3. The zero-order chi connectivity index (χ0) is 21.7. The van der Waals surface area contributed by atoms with Crippen LogP contribution in [0.3, 0.4) is 0 Å². The molecule has 1 aliphatic rings. The summed E-state index contributed by atoms with van der Waals surface area (Å²) in [6.45, 7) is 11.4. The van der Waals surface area contributed by atoms with Gasteiger partial charge in [0.1, 0.15) is 17.4 Å². The second-order valence-corrected chi connectivity index (χ2v) is 7.55. The number of nitrogens with zero attached hydrogens (tertiary/aromatic N) is 1. The third-order valence-electron chi connectivity index (χ3n) is 5.54. The van der Waals surface area contributed by atoms with Crippen LogP contribution in [0.15, 0.2) is 67.1 Å². The monoisotopic (exact) mass is 410 g/mol. The minimum absolute atomic E-state index is 0.185. The van der Waals surface area contributed by atoms with E-state index in [4.69, 9.17) is 4.74 Å². The summed E-state index contributed by atoms with van der Waals surface area (Å²) in [6, 6.07) is 10.1. The maximum atomic E-state index is 14.5. The van der Waals surface area contributed by atoms with E-state index >= 15 is 0 Å². The van der Waals surface area contributed by atoms with Crippen LogP contribution >= 0.6 is 0 Å². The Bertz CT molecular complexity index is 960. The van der Waals surface area contributed by atoms with Crippen LogP contribution in [-0.4, -0.2) is 20.2 Å². The van der Waals surface area contributed by atoms with Crippen molar-refractivity contribution in [2.75, 3.05) is 30.4 Å². The molecule has 1 saturated heterocycles. The van der Waals surface area contributed by atoms with E-state index in [1.807, 2.05) is 18.2 Å². The summed E-state index contributed by atoms with van der Waals surface area (Å²) in [4.78, 5) is 2.25. The van der Waals surface area contributed by atoms with Crippen LogP contribution in [0.2, 0.25) is 0 Å². The maximum absolute atomic E-state index is 14.5. The van der Waals surface area contributed by atoms with Gasteiger partial charge < -0.3 is 15.0 Å². The highest BCUT2D eigenvalue weighted by Crippen LogP contribution is 2.31. The molecule has 0 unspecified atom stereocenters. The second-order valence-electron chi connectivity index (χ2n) is 7.55. The van der Waals surface area contributed by atoms with Gasteiger partial charge in [0.05, 0.1) is 12.8 Å². The Morgan fingerprint density at radius 2 is 1.87 bits per heavy atom. The fraction of sp³-hybridized carbons (Fsp3) is 0.280. The molecule has 3 rings (SSSR count). The average Bonchev–Trinajstić information content (AvgIpc) is 2.75. The normalized spacial score (nSPS) is 14.7. The number of nitrogens with one attached hydrogen (secondary N) is 1. The van der Waals surface area contributed by atoms with Crippen molar-refractivity contribution in [2.24, 2.45) is 5.92 Å². The molecule has 5 heteroatoms. The van der Waals surface area contributed by atoms with E-state index < -0.39 is 0 Å². The molecule has 1 fully saturated rings. The summed E-state index contributed by atoms with van der Waals surface area (Å²) < 4.78 is 33.1. The third-order valence-corrected chi connectivity index (χ3v) is 5.54. The minimum Gasteiger partial charge on any atom is -0.497 e. The summed E-state index contributed by atoms with van der Waals surface area (Å²) in [5.41, 5.74) is 3.59. The lowest BCUT2D eigenvalue weighted by Crippen LogP contribution is -2.35. The van der Waals surface area contributed by atoms with Crippen molar-refractivity contribution in [3.05, 3.63) is 89.8 Å². The lowest BCUT2D eigenvalue weighted by molar-refractivity contribution is 0.309. The van der Waals surface area contributed by atoms with E-state index in [2.05, 4.69) is 23.4 Å². The number of para-hydroxylation sites is 1. The molecule has 1 aliphatic heterocycles. The summed E-state index contributed by atoms with van der Waals surface area (Å²) >= 11 is 0. The summed E-state index contributed by atoms with van der Waals surface area (Å²) in [5.74, 6) is 0.205. The van der Waals surface area contributed by atoms with Gasteiger partial charge in [-0.2, -0.15) is 0 Å². The number of halogens is 2. The van der Waals surface area contributed by atoms with Crippen molar-refractivity contribution in [3.63, 3.8) is 0 Å². The zero-order valence-electron chi connectivity index (χ0n) is 17.6. The predicted octanol–water partition coefficient (Wildman–Crippen LogP) is 6.29. The van der Waals surface area contributed by atoms with Crippen LogP contribution in [0.4, 0.5) is 20.2 Å². The second kappa shape index (κ2) is 9.61. The Morgan fingerprint density at radius 3 is 2.53 bits per heavy atom. The molecule has 0 saturated carbocycles. The van der Waals surface area contributed by atoms with Gasteiger partial charge in [0.25, 0.3) is 0 Å². The third kappa shape index (κ3) is 5.09. The van der Waals surface area contributed by atoms with Crippen LogP contribution in [0.5, 0.6) is 0 Å². The standard InChI is InChI=1S/C25H28F2N2O/c1-17-16-22(10-11-23(17)26)29-14-12-20(13-15-29)19(3)28-25-21(6-5-7-24(25)27)9-8-18(2)30-4/h5-11,16,20,28H,2-3,12-15H2,1,4H3/b9-8+. The first-order chi connectivity index (χ1) is 14.4. The molecule has 3 nitrogen and oxygen atoms in total. The lowest BCUT2D eigenvalue weighted by Gasteiger charge is -2.35. The minimum atomic E-state index is -0.333. The molecule has 0 amide bonds. The highest BCUT2D eigenvalue weighted by Gasteiger charge is 2.23. The number of anilines is 2. The smallest absolute Gasteiger partial charge is 0.147 e. The first-order valence-corrected chi connectivity index (χ1v) is 10.1. The number of aryl methyl sites for hydroxylation is 1. The molecule has 30 heavy (non-hydrogen) atoms. The molecule has 0 radical (unpaired) electrons. The fourth-order valence-electron chi connectivity index (χ4n) is 3.64. The number of methoxy groups -OCH3 is 1. The Hall–Kier alpha value is -3.08. The van der Waals surface area contributed by atoms with Crippen LogP contribution in [0.25, 0.3) is 6.08 Å². The molecule has 2 aromatic carbocycles. The molecule has 1 N–H and O–H groups in total. The largest absolute Gasteiger partial charge is 0.497 e. The van der Waals surface area contributed by atoms with Crippen molar-refractivity contribution in [1.82, 2.24) is 0 Å². The predicted molar refractivity (Wildman–Crippen MR) is 120 cm³/mol. The van der Waals surface area contributed by atoms with Gasteiger partial charge in [-0.3, -0.25) is 0 Å². The van der Waals surface area contributed by atoms with Gasteiger partial charge in [0.2, 0.25) is 0 Å². The van der Waals surface area contributed by atoms with E-state index in [1.165, 1.54) is 12.1 Å². The quantitative estimate of drug-likeness (QED) is 0.429. The van der Waals surface area contributed by atoms with Crippen molar-refractivity contribution in [1.29, 1.82) is 0 Å². The van der Waals surface area contributed by atoms with E-state index in [-0.39, 0.29) is 17.6 Å². The number of piperidine rings is 1. The topological polar surface area (TPSA) is 24.5 Å². The summed E-state index contributed by atoms with van der Waals surface area (Å²) in [6.07, 6.45) is 5.25. The summed E-state index contributed by atoms with van der Waals surface area (Å²) in [5, 5.41) is 3.20. The van der Waals surface area contributed by atoms with E-state index in [1.54, 1.807) is 32.3 Å². The molecule has 0 aromatic heterocycles. The zero-order valence-corrected chi connectivity index (χ0v) is 17.6. The summed E-state index contributed by atoms with van der Waals surface area (Å²) in [7, 11) is 1.54. The Labute approximate surface area is 177 Å². The van der Waals surface area contributed by atoms with Gasteiger partial charge >= 0.3 is 0 Å². The molecule has 0 bridgehead atoms. The fourth-order valence-corrected chi connectivity index (χ4v) is 3.64. The highest BCUT2D eigenvalue weighted by atomic mass is 19.1. The first kappa shape index (κ1) is 21.6. The molecule has 0 spiro atoms. The van der Waals surface area contributed by atoms with Crippen LogP contribution in [-0.2, 0) is 4.74 Å². The van der Waals surface area contributed by atoms with Crippen molar-refractivity contribution < 1.29 is 13.5 Å². The number of ether oxygens (including phenoxy) is 1. The molecular formula is C25H28F2N2O. The highest BCUT2D eigenvalue weighted by molar-refractivity contribution is 5.69. The van der Waals surface area contributed by atoms with Crippen molar-refractivity contribution in [3.8, 4) is 0 Å². The van der Waals surface area contributed by atoms with Gasteiger partial charge in [-0.1, -0.05) is 25.3 Å². The number of benzene rings is 2. The van der Waals surface area contributed by atoms with Gasteiger partial charge in [-0.25, -0.2) is 8.78 Å². The Morgan fingerprint density at radius 1 is 1.13 bits per heavy atom. The van der Waals surface area contributed by atoms with Gasteiger partial charge in [-0.15, -0.1) is 0 Å². The van der Waals surface area contributed by atoms with Gasteiger partial charge in [0, 0.05) is 36.0 Å². The average molecular weight is 411 g/mol. The van der Waals surface area contributed by atoms with E-state index in [0.717, 1.165) is 37.3 Å². The SMILES string of the molecule is C=C(/C=C/c1cccc(F)c1NC(=C)C1CCN(c2ccc(F)c(C)c2)CC1)OC. The van der Waals surface area contributed by atoms with Crippen LogP contribution in [0.1, 0.15) is 24.0 Å². The Kier molecular flexibility index (Phi) is 6.93.